The van der Waals surface area contributed by atoms with Crippen molar-refractivity contribution >= 4 is 33.5 Å². The highest BCUT2D eigenvalue weighted by atomic mass is 79.9. The van der Waals surface area contributed by atoms with Crippen molar-refractivity contribution in [1.82, 2.24) is 5.32 Å². The Kier molecular flexibility index (Phi) is 4.77. The third-order valence-corrected chi connectivity index (χ3v) is 2.97. The average Bonchev–Trinajstić information content (AvgIpc) is 2.18. The molecule has 0 heterocycles. The maximum absolute atomic E-state index is 11.2. The van der Waals surface area contributed by atoms with Gasteiger partial charge in [0, 0.05) is 15.5 Å². The van der Waals surface area contributed by atoms with E-state index < -0.39 is 12.0 Å². The zero-order valence-corrected chi connectivity index (χ0v) is 11.3. The summed E-state index contributed by atoms with van der Waals surface area (Å²) in [7, 11) is 0. The van der Waals surface area contributed by atoms with E-state index in [9.17, 15) is 4.79 Å². The van der Waals surface area contributed by atoms with Crippen LogP contribution in [-0.2, 0) is 4.79 Å². The number of hydrogen-bond donors (Lipinski definition) is 2. The first kappa shape index (κ1) is 13.5. The molecular formula is C11H13BrClNO2. The molecule has 0 fully saturated rings. The van der Waals surface area contributed by atoms with E-state index in [0.717, 1.165) is 4.47 Å². The zero-order valence-electron chi connectivity index (χ0n) is 9.00. The predicted octanol–water partition coefficient (Wildman–Crippen LogP) is 3.23. The van der Waals surface area contributed by atoms with Gasteiger partial charge in [-0.05, 0) is 37.6 Å². The van der Waals surface area contributed by atoms with Crippen LogP contribution in [0.25, 0.3) is 0 Å². The van der Waals surface area contributed by atoms with Crippen LogP contribution in [0.2, 0.25) is 5.02 Å². The van der Waals surface area contributed by atoms with Gasteiger partial charge in [0.2, 0.25) is 0 Å². The molecule has 2 N–H and O–H groups in total. The van der Waals surface area contributed by atoms with Crippen molar-refractivity contribution in [1.29, 1.82) is 0 Å². The Bertz CT molecular complexity index is 396. The molecule has 16 heavy (non-hydrogen) atoms. The molecule has 1 atom stereocenters. The SMILES string of the molecule is CC(C)NC(C(=O)O)c1cc(Cl)ccc1Br. The van der Waals surface area contributed by atoms with Crippen LogP contribution < -0.4 is 5.32 Å². The van der Waals surface area contributed by atoms with E-state index in [4.69, 9.17) is 16.7 Å². The van der Waals surface area contributed by atoms with Crippen LogP contribution in [0.5, 0.6) is 0 Å². The molecular weight excluding hydrogens is 293 g/mol. The van der Waals surface area contributed by atoms with Gasteiger partial charge in [-0.1, -0.05) is 27.5 Å². The summed E-state index contributed by atoms with van der Waals surface area (Å²) in [6, 6.07) is 4.43. The molecule has 0 radical (unpaired) electrons. The van der Waals surface area contributed by atoms with Gasteiger partial charge in [0.1, 0.15) is 6.04 Å². The Labute approximate surface area is 108 Å². The van der Waals surface area contributed by atoms with E-state index in [1.165, 1.54) is 0 Å². The summed E-state index contributed by atoms with van der Waals surface area (Å²) in [6.45, 7) is 3.79. The first-order chi connectivity index (χ1) is 7.41. The van der Waals surface area contributed by atoms with E-state index in [0.29, 0.717) is 10.6 Å². The highest BCUT2D eigenvalue weighted by Crippen LogP contribution is 2.27. The summed E-state index contributed by atoms with van der Waals surface area (Å²) in [5.74, 6) is -0.920. The minimum Gasteiger partial charge on any atom is -0.480 e. The van der Waals surface area contributed by atoms with Crippen molar-refractivity contribution in [2.75, 3.05) is 0 Å². The van der Waals surface area contributed by atoms with E-state index in [-0.39, 0.29) is 6.04 Å². The van der Waals surface area contributed by atoms with Crippen LogP contribution in [0.3, 0.4) is 0 Å². The van der Waals surface area contributed by atoms with Gasteiger partial charge in [-0.25, -0.2) is 0 Å². The van der Waals surface area contributed by atoms with Gasteiger partial charge in [-0.3, -0.25) is 10.1 Å². The third-order valence-electron chi connectivity index (χ3n) is 2.02. The van der Waals surface area contributed by atoms with E-state index in [2.05, 4.69) is 21.2 Å². The van der Waals surface area contributed by atoms with Gasteiger partial charge in [0.15, 0.2) is 0 Å². The first-order valence-corrected chi connectivity index (χ1v) is 6.02. The molecule has 0 saturated heterocycles. The number of carboxylic acids is 1. The van der Waals surface area contributed by atoms with Gasteiger partial charge >= 0.3 is 5.97 Å². The number of nitrogens with one attached hydrogen (secondary N) is 1. The molecule has 0 bridgehead atoms. The van der Waals surface area contributed by atoms with Crippen molar-refractivity contribution in [2.24, 2.45) is 0 Å². The second-order valence-electron chi connectivity index (χ2n) is 3.76. The van der Waals surface area contributed by atoms with Crippen molar-refractivity contribution in [2.45, 2.75) is 25.9 Å². The normalized spacial score (nSPS) is 12.8. The van der Waals surface area contributed by atoms with Crippen molar-refractivity contribution < 1.29 is 9.90 Å². The molecule has 1 aromatic rings. The van der Waals surface area contributed by atoms with Crippen molar-refractivity contribution in [3.05, 3.63) is 33.3 Å². The van der Waals surface area contributed by atoms with Crippen LogP contribution in [-0.4, -0.2) is 17.1 Å². The smallest absolute Gasteiger partial charge is 0.325 e. The summed E-state index contributed by atoms with van der Waals surface area (Å²) < 4.78 is 0.734. The van der Waals surface area contributed by atoms with Crippen LogP contribution in [0.1, 0.15) is 25.5 Å². The lowest BCUT2D eigenvalue weighted by Crippen LogP contribution is -2.33. The van der Waals surface area contributed by atoms with Gasteiger partial charge < -0.3 is 5.11 Å². The average molecular weight is 307 g/mol. The lowest BCUT2D eigenvalue weighted by atomic mass is 10.1. The van der Waals surface area contributed by atoms with E-state index in [1.54, 1.807) is 18.2 Å². The Hall–Kier alpha value is -0.580. The molecule has 0 aliphatic rings. The monoisotopic (exact) mass is 305 g/mol. The van der Waals surface area contributed by atoms with Gasteiger partial charge in [0.25, 0.3) is 0 Å². The predicted molar refractivity (Wildman–Crippen MR) is 67.8 cm³/mol. The lowest BCUT2D eigenvalue weighted by Gasteiger charge is -2.19. The van der Waals surface area contributed by atoms with E-state index >= 15 is 0 Å². The Morgan fingerprint density at radius 3 is 2.62 bits per heavy atom. The maximum atomic E-state index is 11.2. The highest BCUT2D eigenvalue weighted by molar-refractivity contribution is 9.10. The molecule has 3 nitrogen and oxygen atoms in total. The fourth-order valence-electron chi connectivity index (χ4n) is 1.36. The molecule has 1 rings (SSSR count). The summed E-state index contributed by atoms with van der Waals surface area (Å²) in [4.78, 5) is 11.2. The van der Waals surface area contributed by atoms with Crippen LogP contribution in [0.4, 0.5) is 0 Å². The zero-order chi connectivity index (χ0) is 12.3. The Balaban J connectivity index is 3.10. The third kappa shape index (κ3) is 3.47. The number of benzene rings is 1. The number of carboxylic acid groups (broad SMARTS) is 1. The molecule has 0 aromatic heterocycles. The van der Waals surface area contributed by atoms with Crippen molar-refractivity contribution in [3.8, 4) is 0 Å². The number of halogens is 2. The minimum atomic E-state index is -0.920. The fourth-order valence-corrected chi connectivity index (χ4v) is 2.02. The van der Waals surface area contributed by atoms with Crippen LogP contribution in [0.15, 0.2) is 22.7 Å². The molecule has 1 aromatic carbocycles. The topological polar surface area (TPSA) is 49.3 Å². The Morgan fingerprint density at radius 1 is 1.50 bits per heavy atom. The second kappa shape index (κ2) is 5.66. The lowest BCUT2D eigenvalue weighted by molar-refractivity contribution is -0.139. The molecule has 88 valence electrons. The number of rotatable bonds is 4. The standard InChI is InChI=1S/C11H13BrClNO2/c1-6(2)14-10(11(15)16)8-5-7(13)3-4-9(8)12/h3-6,10,14H,1-2H3,(H,15,16). The van der Waals surface area contributed by atoms with Crippen molar-refractivity contribution in [3.63, 3.8) is 0 Å². The summed E-state index contributed by atoms with van der Waals surface area (Å²) in [6.07, 6.45) is 0. The summed E-state index contributed by atoms with van der Waals surface area (Å²) in [5, 5.41) is 12.7. The van der Waals surface area contributed by atoms with E-state index in [1.807, 2.05) is 13.8 Å². The Morgan fingerprint density at radius 2 is 2.12 bits per heavy atom. The number of carbonyl (C=O) groups is 1. The van der Waals surface area contributed by atoms with Gasteiger partial charge in [-0.2, -0.15) is 0 Å². The molecule has 1 unspecified atom stereocenters. The minimum absolute atomic E-state index is 0.0759. The largest absolute Gasteiger partial charge is 0.480 e. The molecule has 0 aliphatic heterocycles. The molecule has 0 aliphatic carbocycles. The highest BCUT2D eigenvalue weighted by Gasteiger charge is 2.22. The summed E-state index contributed by atoms with van der Waals surface area (Å²) in [5.41, 5.74) is 0.633. The van der Waals surface area contributed by atoms with Crippen LogP contribution in [0, 0.1) is 0 Å². The number of hydrogen-bond acceptors (Lipinski definition) is 2. The number of aliphatic carboxylic acids is 1. The molecule has 0 saturated carbocycles. The first-order valence-electron chi connectivity index (χ1n) is 4.85. The van der Waals surface area contributed by atoms with Gasteiger partial charge in [0.05, 0.1) is 0 Å². The van der Waals surface area contributed by atoms with Gasteiger partial charge in [-0.15, -0.1) is 0 Å². The molecule has 0 spiro atoms. The summed E-state index contributed by atoms with van der Waals surface area (Å²) >= 11 is 9.19. The second-order valence-corrected chi connectivity index (χ2v) is 5.05. The quantitative estimate of drug-likeness (QED) is 0.898. The molecule has 0 amide bonds. The van der Waals surface area contributed by atoms with Crippen LogP contribution >= 0.6 is 27.5 Å². The molecule has 5 heteroatoms. The fraction of sp³-hybridized carbons (Fsp3) is 0.364. The maximum Gasteiger partial charge on any atom is 0.325 e.